The smallest absolute Gasteiger partial charge is 0.233 e. The van der Waals surface area contributed by atoms with E-state index >= 15 is 0 Å². The van der Waals surface area contributed by atoms with Crippen LogP contribution in [0.3, 0.4) is 0 Å². The minimum Gasteiger partial charge on any atom is -0.391 e. The van der Waals surface area contributed by atoms with E-state index < -0.39 is 0 Å². The summed E-state index contributed by atoms with van der Waals surface area (Å²) >= 11 is 1.55. The van der Waals surface area contributed by atoms with E-state index in [-0.39, 0.29) is 18.1 Å². The first-order chi connectivity index (χ1) is 9.18. The van der Waals surface area contributed by atoms with Crippen molar-refractivity contribution in [2.24, 2.45) is 0 Å². The molecule has 1 saturated carbocycles. The molecule has 2 unspecified atom stereocenters. The van der Waals surface area contributed by atoms with E-state index in [4.69, 9.17) is 0 Å². The van der Waals surface area contributed by atoms with Crippen LogP contribution in [-0.2, 0) is 4.79 Å². The summed E-state index contributed by atoms with van der Waals surface area (Å²) < 4.78 is 0. The van der Waals surface area contributed by atoms with E-state index in [1.54, 1.807) is 16.7 Å². The number of thioether (sulfide) groups is 1. The molecule has 0 spiro atoms. The molecule has 0 heterocycles. The van der Waals surface area contributed by atoms with Gasteiger partial charge in [-0.15, -0.1) is 11.8 Å². The van der Waals surface area contributed by atoms with Crippen LogP contribution >= 0.6 is 11.8 Å². The van der Waals surface area contributed by atoms with Gasteiger partial charge in [-0.1, -0.05) is 31.0 Å². The van der Waals surface area contributed by atoms with E-state index in [9.17, 15) is 9.90 Å². The summed E-state index contributed by atoms with van der Waals surface area (Å²) in [4.78, 5) is 15.0. The van der Waals surface area contributed by atoms with Gasteiger partial charge in [0.2, 0.25) is 5.91 Å². The Balaban J connectivity index is 1.85. The van der Waals surface area contributed by atoms with Gasteiger partial charge in [-0.25, -0.2) is 0 Å². The van der Waals surface area contributed by atoms with Crippen molar-refractivity contribution in [2.45, 2.75) is 42.7 Å². The Morgan fingerprint density at radius 1 is 1.32 bits per heavy atom. The fraction of sp³-hybridized carbons (Fsp3) is 0.533. The summed E-state index contributed by atoms with van der Waals surface area (Å²) in [5.74, 6) is 0.531. The van der Waals surface area contributed by atoms with Gasteiger partial charge in [0.15, 0.2) is 0 Å². The molecule has 0 saturated heterocycles. The topological polar surface area (TPSA) is 40.5 Å². The number of aliphatic hydroxyl groups excluding tert-OH is 1. The summed E-state index contributed by atoms with van der Waals surface area (Å²) in [6, 6.07) is 9.93. The highest BCUT2D eigenvalue weighted by Gasteiger charge is 2.29. The summed E-state index contributed by atoms with van der Waals surface area (Å²) in [7, 11) is 1.81. The second-order valence-corrected chi connectivity index (χ2v) is 6.07. The van der Waals surface area contributed by atoms with Crippen LogP contribution in [0.25, 0.3) is 0 Å². The number of benzene rings is 1. The lowest BCUT2D eigenvalue weighted by molar-refractivity contribution is -0.132. The van der Waals surface area contributed by atoms with Gasteiger partial charge < -0.3 is 10.0 Å². The van der Waals surface area contributed by atoms with Crippen molar-refractivity contribution in [3.63, 3.8) is 0 Å². The predicted octanol–water partition coefficient (Wildman–Crippen LogP) is 2.54. The van der Waals surface area contributed by atoms with Crippen LogP contribution in [0.15, 0.2) is 35.2 Å². The van der Waals surface area contributed by atoms with Crippen LogP contribution in [0.1, 0.15) is 25.7 Å². The summed E-state index contributed by atoms with van der Waals surface area (Å²) in [5, 5.41) is 9.97. The number of amides is 1. The molecule has 2 rings (SSSR count). The SMILES string of the molecule is CN(C(=O)CSc1ccccc1)C1CCCCC1O. The van der Waals surface area contributed by atoms with Crippen LogP contribution in [0, 0.1) is 0 Å². The van der Waals surface area contributed by atoms with Gasteiger partial charge >= 0.3 is 0 Å². The number of carbonyl (C=O) groups excluding carboxylic acids is 1. The van der Waals surface area contributed by atoms with Gasteiger partial charge in [-0.3, -0.25) is 4.79 Å². The van der Waals surface area contributed by atoms with Crippen molar-refractivity contribution in [1.29, 1.82) is 0 Å². The van der Waals surface area contributed by atoms with E-state index in [0.717, 1.165) is 30.6 Å². The van der Waals surface area contributed by atoms with Crippen molar-refractivity contribution in [2.75, 3.05) is 12.8 Å². The number of hydrogen-bond donors (Lipinski definition) is 1. The highest BCUT2D eigenvalue weighted by molar-refractivity contribution is 8.00. The molecule has 3 nitrogen and oxygen atoms in total. The van der Waals surface area contributed by atoms with Crippen molar-refractivity contribution < 1.29 is 9.90 Å². The zero-order valence-corrected chi connectivity index (χ0v) is 12.1. The monoisotopic (exact) mass is 279 g/mol. The molecule has 0 aliphatic heterocycles. The van der Waals surface area contributed by atoms with Crippen molar-refractivity contribution in [3.8, 4) is 0 Å². The van der Waals surface area contributed by atoms with Crippen LogP contribution in [0.4, 0.5) is 0 Å². The van der Waals surface area contributed by atoms with Crippen molar-refractivity contribution in [1.82, 2.24) is 4.90 Å². The molecule has 0 aromatic heterocycles. The van der Waals surface area contributed by atoms with Gasteiger partial charge in [-0.2, -0.15) is 0 Å². The third-order valence-electron chi connectivity index (χ3n) is 3.69. The van der Waals surface area contributed by atoms with Gasteiger partial charge in [0, 0.05) is 11.9 Å². The maximum atomic E-state index is 12.2. The van der Waals surface area contributed by atoms with Crippen molar-refractivity contribution >= 4 is 17.7 Å². The van der Waals surface area contributed by atoms with Crippen LogP contribution < -0.4 is 0 Å². The molecule has 1 fully saturated rings. The second kappa shape index (κ2) is 6.96. The lowest BCUT2D eigenvalue weighted by Gasteiger charge is -2.35. The molecule has 0 bridgehead atoms. The first-order valence-corrected chi connectivity index (χ1v) is 7.78. The average Bonchev–Trinajstić information content (AvgIpc) is 2.45. The van der Waals surface area contributed by atoms with Crippen LogP contribution in [-0.4, -0.2) is 40.9 Å². The predicted molar refractivity (Wildman–Crippen MR) is 78.2 cm³/mol. The third-order valence-corrected chi connectivity index (χ3v) is 4.69. The lowest BCUT2D eigenvalue weighted by Crippen LogP contribution is -2.46. The van der Waals surface area contributed by atoms with Crippen LogP contribution in [0.5, 0.6) is 0 Å². The first-order valence-electron chi connectivity index (χ1n) is 6.80. The molecule has 4 heteroatoms. The molecule has 19 heavy (non-hydrogen) atoms. The summed E-state index contributed by atoms with van der Waals surface area (Å²) in [6.07, 6.45) is 3.54. The number of hydrogen-bond acceptors (Lipinski definition) is 3. The standard InChI is InChI=1S/C15H21NO2S/c1-16(13-9-5-6-10-14(13)17)15(18)11-19-12-7-3-2-4-8-12/h2-4,7-8,13-14,17H,5-6,9-11H2,1H3. The number of nitrogens with zero attached hydrogens (tertiary/aromatic N) is 1. The minimum absolute atomic E-state index is 0.00220. The molecular formula is C15H21NO2S. The lowest BCUT2D eigenvalue weighted by atomic mass is 9.91. The van der Waals surface area contributed by atoms with Crippen molar-refractivity contribution in [3.05, 3.63) is 30.3 Å². The fourth-order valence-electron chi connectivity index (χ4n) is 2.49. The average molecular weight is 279 g/mol. The Hall–Kier alpha value is -1.00. The molecular weight excluding hydrogens is 258 g/mol. The highest BCUT2D eigenvalue weighted by atomic mass is 32.2. The largest absolute Gasteiger partial charge is 0.391 e. The second-order valence-electron chi connectivity index (χ2n) is 5.03. The maximum absolute atomic E-state index is 12.2. The Bertz CT molecular complexity index is 410. The van der Waals surface area contributed by atoms with Gasteiger partial charge in [0.25, 0.3) is 0 Å². The molecule has 1 N–H and O–H groups in total. The first kappa shape index (κ1) is 14.4. The Morgan fingerprint density at radius 3 is 2.68 bits per heavy atom. The maximum Gasteiger partial charge on any atom is 0.233 e. The normalized spacial score (nSPS) is 23.1. The number of rotatable bonds is 4. The number of carbonyl (C=O) groups is 1. The quantitative estimate of drug-likeness (QED) is 0.861. The van der Waals surface area contributed by atoms with E-state index in [2.05, 4.69) is 0 Å². The molecule has 1 aliphatic carbocycles. The Morgan fingerprint density at radius 2 is 2.00 bits per heavy atom. The molecule has 1 aromatic carbocycles. The van der Waals surface area contributed by atoms with E-state index in [1.807, 2.05) is 37.4 Å². The van der Waals surface area contributed by atoms with Gasteiger partial charge in [-0.05, 0) is 25.0 Å². The van der Waals surface area contributed by atoms with E-state index in [1.165, 1.54) is 0 Å². The summed E-state index contributed by atoms with van der Waals surface area (Å²) in [6.45, 7) is 0. The highest BCUT2D eigenvalue weighted by Crippen LogP contribution is 2.24. The Kier molecular flexibility index (Phi) is 5.28. The molecule has 104 valence electrons. The fourth-order valence-corrected chi connectivity index (χ4v) is 3.34. The van der Waals surface area contributed by atoms with E-state index in [0.29, 0.717) is 5.75 Å². The molecule has 0 radical (unpaired) electrons. The molecule has 2 atom stereocenters. The summed E-state index contributed by atoms with van der Waals surface area (Å²) in [5.41, 5.74) is 0. The Labute approximate surface area is 119 Å². The molecule has 1 aliphatic rings. The zero-order chi connectivity index (χ0) is 13.7. The molecule has 1 aromatic rings. The van der Waals surface area contributed by atoms with Gasteiger partial charge in [0.1, 0.15) is 0 Å². The number of likely N-dealkylation sites (N-methyl/N-ethyl adjacent to an activating group) is 1. The zero-order valence-electron chi connectivity index (χ0n) is 11.3. The number of aliphatic hydroxyl groups is 1. The third kappa shape index (κ3) is 3.98. The molecule has 1 amide bonds. The van der Waals surface area contributed by atoms with Gasteiger partial charge in [0.05, 0.1) is 17.9 Å². The van der Waals surface area contributed by atoms with Crippen LogP contribution in [0.2, 0.25) is 0 Å². The minimum atomic E-state index is -0.357.